The molecule has 18 heavy (non-hydrogen) atoms. The number of nitro groups is 1. The Bertz CT molecular complexity index is 634. The zero-order valence-electron chi connectivity index (χ0n) is 8.73. The van der Waals surface area contributed by atoms with E-state index < -0.39 is 22.2 Å². The van der Waals surface area contributed by atoms with Crippen LogP contribution in [0.25, 0.3) is 11.3 Å². The van der Waals surface area contributed by atoms with Gasteiger partial charge in [-0.1, -0.05) is 17.7 Å². The van der Waals surface area contributed by atoms with E-state index in [1.165, 1.54) is 18.2 Å². The number of hydrogen-bond donors (Lipinski definition) is 0. The number of halogens is 3. The molecule has 0 radical (unpaired) electrons. The number of nitrogens with zero attached hydrogens (tertiary/aromatic N) is 2. The second-order valence-electron chi connectivity index (χ2n) is 3.36. The molecular formula is C11H5ClF2N2O2. The molecule has 2 rings (SSSR count). The first-order valence-corrected chi connectivity index (χ1v) is 5.14. The van der Waals surface area contributed by atoms with E-state index >= 15 is 0 Å². The lowest BCUT2D eigenvalue weighted by molar-refractivity contribution is -0.384. The summed E-state index contributed by atoms with van der Waals surface area (Å²) in [4.78, 5) is 13.8. The number of aromatic nitrogens is 1. The molecule has 0 saturated carbocycles. The Hall–Kier alpha value is -2.08. The molecule has 0 unspecified atom stereocenters. The van der Waals surface area contributed by atoms with Gasteiger partial charge in [0.15, 0.2) is 17.3 Å². The van der Waals surface area contributed by atoms with Crippen LogP contribution in [0.5, 0.6) is 0 Å². The summed E-state index contributed by atoms with van der Waals surface area (Å²) in [6, 6.07) is 5.65. The molecule has 1 heterocycles. The molecule has 1 aromatic heterocycles. The fourth-order valence-electron chi connectivity index (χ4n) is 1.46. The van der Waals surface area contributed by atoms with E-state index in [-0.39, 0.29) is 16.4 Å². The van der Waals surface area contributed by atoms with Gasteiger partial charge in [-0.15, -0.1) is 0 Å². The van der Waals surface area contributed by atoms with Crippen LogP contribution < -0.4 is 0 Å². The molecule has 0 aliphatic carbocycles. The molecule has 0 atom stereocenters. The van der Waals surface area contributed by atoms with Gasteiger partial charge in [-0.3, -0.25) is 10.1 Å². The summed E-state index contributed by atoms with van der Waals surface area (Å²) in [5.74, 6) is -2.31. The molecule has 7 heteroatoms. The Labute approximate surface area is 105 Å². The van der Waals surface area contributed by atoms with Gasteiger partial charge in [0.05, 0.1) is 4.92 Å². The molecule has 0 fully saturated rings. The van der Waals surface area contributed by atoms with Gasteiger partial charge in [0.1, 0.15) is 5.15 Å². The van der Waals surface area contributed by atoms with Crippen molar-refractivity contribution in [3.63, 3.8) is 0 Å². The van der Waals surface area contributed by atoms with Crippen molar-refractivity contribution in [2.45, 2.75) is 0 Å². The quantitative estimate of drug-likeness (QED) is 0.476. The zero-order valence-corrected chi connectivity index (χ0v) is 9.49. The number of pyridine rings is 1. The van der Waals surface area contributed by atoms with Gasteiger partial charge in [0, 0.05) is 11.6 Å². The van der Waals surface area contributed by atoms with Crippen molar-refractivity contribution in [1.29, 1.82) is 0 Å². The Morgan fingerprint density at radius 3 is 2.61 bits per heavy atom. The highest BCUT2D eigenvalue weighted by molar-refractivity contribution is 6.29. The summed E-state index contributed by atoms with van der Waals surface area (Å²) in [7, 11) is 0. The minimum absolute atomic E-state index is 0.0424. The van der Waals surface area contributed by atoms with Crippen molar-refractivity contribution < 1.29 is 13.7 Å². The number of rotatable bonds is 2. The van der Waals surface area contributed by atoms with Crippen LogP contribution in [0, 0.1) is 21.7 Å². The average Bonchev–Trinajstić information content (AvgIpc) is 2.32. The monoisotopic (exact) mass is 270 g/mol. The van der Waals surface area contributed by atoms with Gasteiger partial charge in [-0.25, -0.2) is 13.8 Å². The van der Waals surface area contributed by atoms with Gasteiger partial charge in [-0.05, 0) is 18.2 Å². The molecule has 2 aromatic rings. The summed E-state index contributed by atoms with van der Waals surface area (Å²) >= 11 is 5.61. The maximum absolute atomic E-state index is 13.6. The smallest absolute Gasteiger partial charge is 0.258 e. The van der Waals surface area contributed by atoms with Crippen LogP contribution in [0.15, 0.2) is 30.3 Å². The maximum atomic E-state index is 13.6. The van der Waals surface area contributed by atoms with Crippen molar-refractivity contribution in [3.8, 4) is 11.3 Å². The molecule has 4 nitrogen and oxygen atoms in total. The Morgan fingerprint density at radius 2 is 1.94 bits per heavy atom. The van der Waals surface area contributed by atoms with Crippen molar-refractivity contribution in [3.05, 3.63) is 57.2 Å². The van der Waals surface area contributed by atoms with Crippen molar-refractivity contribution >= 4 is 17.3 Å². The summed E-state index contributed by atoms with van der Waals surface area (Å²) in [5, 5.41) is 10.8. The molecule has 92 valence electrons. The largest absolute Gasteiger partial charge is 0.295 e. The topological polar surface area (TPSA) is 56.0 Å². The molecular weight excluding hydrogens is 266 g/mol. The van der Waals surface area contributed by atoms with Crippen molar-refractivity contribution in [1.82, 2.24) is 4.98 Å². The second-order valence-corrected chi connectivity index (χ2v) is 3.75. The SMILES string of the molecule is O=[N+]([O-])c1ccc(Cl)nc1-c1cccc(F)c1F. The predicted molar refractivity (Wildman–Crippen MR) is 61.3 cm³/mol. The molecule has 0 spiro atoms. The van der Waals surface area contributed by atoms with E-state index in [1.54, 1.807) is 0 Å². The molecule has 0 amide bonds. The number of benzene rings is 1. The lowest BCUT2D eigenvalue weighted by Gasteiger charge is -2.04. The highest BCUT2D eigenvalue weighted by Crippen LogP contribution is 2.31. The van der Waals surface area contributed by atoms with Gasteiger partial charge in [0.25, 0.3) is 5.69 Å². The third-order valence-corrected chi connectivity index (χ3v) is 2.45. The van der Waals surface area contributed by atoms with Gasteiger partial charge < -0.3 is 0 Å². The van der Waals surface area contributed by atoms with Crippen LogP contribution in [0.3, 0.4) is 0 Å². The standard InChI is InChI=1S/C11H5ClF2N2O2/c12-9-5-4-8(16(17)18)11(15-9)6-2-1-3-7(13)10(6)14/h1-5H. The minimum atomic E-state index is -1.20. The molecule has 1 aromatic carbocycles. The first kappa shape index (κ1) is 12.4. The van der Waals surface area contributed by atoms with Crippen LogP contribution in [0.1, 0.15) is 0 Å². The molecule has 0 N–H and O–H groups in total. The van der Waals surface area contributed by atoms with E-state index in [4.69, 9.17) is 11.6 Å². The Balaban J connectivity index is 2.73. The van der Waals surface area contributed by atoms with Crippen LogP contribution in [-0.4, -0.2) is 9.91 Å². The van der Waals surface area contributed by atoms with Crippen LogP contribution in [0.2, 0.25) is 5.15 Å². The summed E-state index contributed by atoms with van der Waals surface area (Å²) in [6.45, 7) is 0. The first-order chi connectivity index (χ1) is 8.50. The average molecular weight is 271 g/mol. The lowest BCUT2D eigenvalue weighted by atomic mass is 10.1. The van der Waals surface area contributed by atoms with Crippen LogP contribution >= 0.6 is 11.6 Å². The lowest BCUT2D eigenvalue weighted by Crippen LogP contribution is -1.98. The van der Waals surface area contributed by atoms with Crippen LogP contribution in [-0.2, 0) is 0 Å². The predicted octanol–water partition coefficient (Wildman–Crippen LogP) is 3.59. The van der Waals surface area contributed by atoms with Gasteiger partial charge in [0.2, 0.25) is 0 Å². The first-order valence-electron chi connectivity index (χ1n) is 4.76. The highest BCUT2D eigenvalue weighted by Gasteiger charge is 2.21. The molecule has 0 aliphatic rings. The third kappa shape index (κ3) is 2.14. The fourth-order valence-corrected chi connectivity index (χ4v) is 1.61. The Kier molecular flexibility index (Phi) is 3.20. The van der Waals surface area contributed by atoms with Gasteiger partial charge in [-0.2, -0.15) is 0 Å². The number of hydrogen-bond acceptors (Lipinski definition) is 3. The van der Waals surface area contributed by atoms with E-state index in [2.05, 4.69) is 4.98 Å². The maximum Gasteiger partial charge on any atom is 0.295 e. The fraction of sp³-hybridized carbons (Fsp3) is 0. The van der Waals surface area contributed by atoms with E-state index in [0.717, 1.165) is 12.1 Å². The van der Waals surface area contributed by atoms with Gasteiger partial charge >= 0.3 is 0 Å². The van der Waals surface area contributed by atoms with Crippen molar-refractivity contribution in [2.24, 2.45) is 0 Å². The van der Waals surface area contributed by atoms with Crippen LogP contribution in [0.4, 0.5) is 14.5 Å². The summed E-state index contributed by atoms with van der Waals surface area (Å²) < 4.78 is 26.7. The summed E-state index contributed by atoms with van der Waals surface area (Å²) in [6.07, 6.45) is 0. The molecule has 0 aliphatic heterocycles. The molecule has 0 bridgehead atoms. The van der Waals surface area contributed by atoms with Crippen molar-refractivity contribution in [2.75, 3.05) is 0 Å². The second kappa shape index (κ2) is 4.66. The van der Waals surface area contributed by atoms with E-state index in [1.807, 2.05) is 0 Å². The zero-order chi connectivity index (χ0) is 13.3. The third-order valence-electron chi connectivity index (χ3n) is 2.24. The van der Waals surface area contributed by atoms with E-state index in [0.29, 0.717) is 0 Å². The van der Waals surface area contributed by atoms with E-state index in [9.17, 15) is 18.9 Å². The minimum Gasteiger partial charge on any atom is -0.258 e. The summed E-state index contributed by atoms with van der Waals surface area (Å²) in [5.41, 5.74) is -1.04. The normalized spacial score (nSPS) is 10.4. The highest BCUT2D eigenvalue weighted by atomic mass is 35.5. The Morgan fingerprint density at radius 1 is 1.22 bits per heavy atom. The molecule has 0 saturated heterocycles.